The Bertz CT molecular complexity index is 2080. The Labute approximate surface area is 193 Å². The molecular weight excluding hydrogens is 392 g/mol. The zero-order chi connectivity index (χ0) is 26.7. The van der Waals surface area contributed by atoms with Crippen molar-refractivity contribution < 1.29 is 17.2 Å². The summed E-state index contributed by atoms with van der Waals surface area (Å²) in [5.74, 6) is 0. The van der Waals surface area contributed by atoms with Crippen molar-refractivity contribution in [1.29, 1.82) is 0 Å². The Hall–Kier alpha value is -3.85. The quantitative estimate of drug-likeness (QED) is 0.262. The summed E-state index contributed by atoms with van der Waals surface area (Å²) in [4.78, 5) is 0. The molecule has 0 unspecified atom stereocenters. The first kappa shape index (κ1) is 12.9. The lowest BCUT2D eigenvalue weighted by molar-refractivity contribution is -0.659. The predicted molar refractivity (Wildman–Crippen MR) is 132 cm³/mol. The van der Waals surface area contributed by atoms with Crippen molar-refractivity contribution in [2.75, 3.05) is 0 Å². The largest absolute Gasteiger partial charge is 0.453 e. The van der Waals surface area contributed by atoms with Crippen LogP contribution in [0.5, 0.6) is 0 Å². The topological polar surface area (TPSA) is 21.4 Å². The average Bonchev–Trinajstić information content (AvgIpc) is 3.49. The van der Waals surface area contributed by atoms with Gasteiger partial charge in [0.2, 0.25) is 5.69 Å². The van der Waals surface area contributed by atoms with E-state index in [9.17, 15) is 0 Å². The Morgan fingerprint density at radius 1 is 0.844 bits per heavy atom. The van der Waals surface area contributed by atoms with Crippen LogP contribution in [-0.4, -0.2) is 4.40 Å². The number of furan rings is 1. The molecule has 7 rings (SSSR count). The molecule has 0 radical (unpaired) electrons. The predicted octanol–water partition coefficient (Wildman–Crippen LogP) is 7.00. The van der Waals surface area contributed by atoms with Crippen molar-refractivity contribution in [1.82, 2.24) is 4.40 Å². The maximum Gasteiger partial charge on any atom is 0.225 e. The van der Waals surface area contributed by atoms with Gasteiger partial charge in [-0.2, -0.15) is 4.57 Å². The number of para-hydroxylation sites is 2. The fraction of sp³-hybridized carbons (Fsp3) is 0.138. The lowest BCUT2D eigenvalue weighted by Crippen LogP contribution is -2.31. The van der Waals surface area contributed by atoms with Gasteiger partial charge in [0.25, 0.3) is 0 Å². The lowest BCUT2D eigenvalue weighted by atomic mass is 9.99. The van der Waals surface area contributed by atoms with Gasteiger partial charge in [0.15, 0.2) is 17.4 Å². The van der Waals surface area contributed by atoms with E-state index < -0.39 is 13.7 Å². The molecular formula is C29H23N2O+. The van der Waals surface area contributed by atoms with E-state index in [-0.39, 0.29) is 11.1 Å². The fourth-order valence-corrected chi connectivity index (χ4v) is 5.41. The van der Waals surface area contributed by atoms with Crippen molar-refractivity contribution >= 4 is 49.3 Å². The smallest absolute Gasteiger partial charge is 0.225 e. The normalized spacial score (nSPS) is 15.9. The molecule has 0 amide bonds. The number of hydrogen-bond acceptors (Lipinski definition) is 1. The molecule has 0 bridgehead atoms. The first-order valence-electron chi connectivity index (χ1n) is 13.6. The highest BCUT2D eigenvalue weighted by atomic mass is 16.3. The van der Waals surface area contributed by atoms with Gasteiger partial charge in [0.05, 0.1) is 16.6 Å². The molecule has 154 valence electrons. The minimum Gasteiger partial charge on any atom is -0.453 e. The van der Waals surface area contributed by atoms with Crippen LogP contribution in [0, 0.1) is 20.6 Å². The Balaban J connectivity index is 1.74. The maximum atomic E-state index is 8.27. The van der Waals surface area contributed by atoms with Crippen LogP contribution in [0.1, 0.15) is 24.9 Å². The second-order valence-electron chi connectivity index (χ2n) is 8.57. The SMILES string of the molecule is [2H]C([2H])([2H])c1ccc(-c2c3c(oc4c5cccc6c7ccccc7n(c65)c43)c(C([2H])([2H])[2H])c[n+]2C)c(C)c1. The molecule has 0 saturated heterocycles. The molecule has 4 heterocycles. The fourth-order valence-electron chi connectivity index (χ4n) is 5.41. The van der Waals surface area contributed by atoms with E-state index in [2.05, 4.69) is 22.6 Å². The van der Waals surface area contributed by atoms with Crippen LogP contribution in [0.2, 0.25) is 0 Å². The van der Waals surface area contributed by atoms with Crippen LogP contribution >= 0.6 is 0 Å². The number of pyridine rings is 1. The third kappa shape index (κ3) is 2.04. The van der Waals surface area contributed by atoms with Crippen LogP contribution in [0.25, 0.3) is 60.5 Å². The van der Waals surface area contributed by atoms with Gasteiger partial charge in [-0.1, -0.05) is 48.0 Å². The highest BCUT2D eigenvalue weighted by molar-refractivity contribution is 6.27. The summed E-state index contributed by atoms with van der Waals surface area (Å²) in [6, 6.07) is 19.4. The van der Waals surface area contributed by atoms with Gasteiger partial charge >= 0.3 is 0 Å². The van der Waals surface area contributed by atoms with E-state index in [4.69, 9.17) is 12.6 Å². The van der Waals surface area contributed by atoms with Crippen molar-refractivity contribution in [3.05, 3.63) is 83.6 Å². The molecule has 0 aliphatic heterocycles. The second kappa shape index (κ2) is 5.89. The monoisotopic (exact) mass is 421 g/mol. The van der Waals surface area contributed by atoms with E-state index in [1.165, 1.54) is 0 Å². The van der Waals surface area contributed by atoms with Gasteiger partial charge in [-0.05, 0) is 44.4 Å². The molecule has 4 aromatic heterocycles. The number of benzene rings is 3. The summed E-state index contributed by atoms with van der Waals surface area (Å²) in [6.45, 7) is -2.74. The van der Waals surface area contributed by atoms with E-state index in [1.807, 2.05) is 48.9 Å². The molecule has 0 saturated carbocycles. The molecule has 0 atom stereocenters. The molecule has 3 heteroatoms. The minimum atomic E-state index is -2.39. The van der Waals surface area contributed by atoms with Crippen molar-refractivity contribution in [2.45, 2.75) is 20.6 Å². The molecule has 0 fully saturated rings. The Morgan fingerprint density at radius 3 is 2.53 bits per heavy atom. The van der Waals surface area contributed by atoms with Crippen molar-refractivity contribution in [3.8, 4) is 11.3 Å². The first-order valence-corrected chi connectivity index (χ1v) is 10.6. The van der Waals surface area contributed by atoms with Crippen molar-refractivity contribution in [3.63, 3.8) is 0 Å². The van der Waals surface area contributed by atoms with E-state index in [1.54, 1.807) is 18.3 Å². The van der Waals surface area contributed by atoms with Crippen LogP contribution in [0.3, 0.4) is 0 Å². The summed E-state index contributed by atoms with van der Waals surface area (Å²) in [7, 11) is 1.83. The van der Waals surface area contributed by atoms with E-state index in [0.717, 1.165) is 49.5 Å². The summed E-state index contributed by atoms with van der Waals surface area (Å²) >= 11 is 0. The standard InChI is InChI=1S/C29H23N2O/c1-16-12-13-19(17(2)14-16)26-24-27-29(32-28(24)18(3)15-30(26)4)22-10-7-9-21-20-8-5-6-11-23(20)31(27)25(21)22/h5-15H,1-4H3/q+1/i1D3,3D3. The first-order chi connectivity index (χ1) is 18.0. The molecule has 3 nitrogen and oxygen atoms in total. The number of rotatable bonds is 1. The summed E-state index contributed by atoms with van der Waals surface area (Å²) in [5, 5.41) is 3.83. The van der Waals surface area contributed by atoms with Crippen LogP contribution in [0.15, 0.2) is 71.3 Å². The minimum absolute atomic E-state index is 0.134. The highest BCUT2D eigenvalue weighted by Gasteiger charge is 2.29. The average molecular weight is 422 g/mol. The summed E-state index contributed by atoms with van der Waals surface area (Å²) in [6.07, 6.45) is 1.61. The number of aromatic nitrogens is 2. The molecule has 0 aliphatic carbocycles. The summed E-state index contributed by atoms with van der Waals surface area (Å²) < 4.78 is 58.8. The number of hydrogen-bond donors (Lipinski definition) is 0. The Morgan fingerprint density at radius 2 is 1.69 bits per heavy atom. The third-order valence-electron chi connectivity index (χ3n) is 6.68. The third-order valence-corrected chi connectivity index (χ3v) is 6.68. The molecule has 3 aromatic carbocycles. The molecule has 32 heavy (non-hydrogen) atoms. The van der Waals surface area contributed by atoms with Gasteiger partial charge < -0.3 is 8.82 Å². The lowest BCUT2D eigenvalue weighted by Gasteiger charge is -2.08. The zero-order valence-corrected chi connectivity index (χ0v) is 17.7. The van der Waals surface area contributed by atoms with Gasteiger partial charge in [0.1, 0.15) is 18.0 Å². The molecule has 7 aromatic rings. The molecule has 0 N–H and O–H groups in total. The zero-order valence-electron chi connectivity index (χ0n) is 23.7. The van der Waals surface area contributed by atoms with Crippen LogP contribution in [-0.2, 0) is 7.05 Å². The molecule has 0 spiro atoms. The van der Waals surface area contributed by atoms with Crippen LogP contribution in [0.4, 0.5) is 0 Å². The van der Waals surface area contributed by atoms with Crippen LogP contribution < -0.4 is 4.57 Å². The van der Waals surface area contributed by atoms with E-state index in [0.29, 0.717) is 16.6 Å². The molecule has 0 aliphatic rings. The van der Waals surface area contributed by atoms with Gasteiger partial charge in [0, 0.05) is 29.9 Å². The van der Waals surface area contributed by atoms with Gasteiger partial charge in [-0.15, -0.1) is 0 Å². The number of nitrogens with zero attached hydrogens (tertiary/aromatic N) is 2. The van der Waals surface area contributed by atoms with E-state index >= 15 is 0 Å². The maximum absolute atomic E-state index is 8.27. The highest BCUT2D eigenvalue weighted by Crippen LogP contribution is 2.45. The summed E-state index contributed by atoms with van der Waals surface area (Å²) in [5.41, 5.74) is 6.58. The Kier molecular flexibility index (Phi) is 2.37. The van der Waals surface area contributed by atoms with Gasteiger partial charge in [-0.3, -0.25) is 0 Å². The number of aryl methyl sites for hydroxylation is 4. The van der Waals surface area contributed by atoms with Crippen molar-refractivity contribution in [2.24, 2.45) is 7.05 Å². The number of fused-ring (bicyclic) bond motifs is 8. The van der Waals surface area contributed by atoms with Gasteiger partial charge in [-0.25, -0.2) is 0 Å². The second-order valence-corrected chi connectivity index (χ2v) is 8.57.